The third-order valence-electron chi connectivity index (χ3n) is 6.91. The predicted octanol–water partition coefficient (Wildman–Crippen LogP) is 7.28. The van der Waals surface area contributed by atoms with Crippen molar-refractivity contribution in [3.05, 3.63) is 59.2 Å². The molecule has 3 rings (SSSR count). The second-order valence-corrected chi connectivity index (χ2v) is 10.2. The lowest BCUT2D eigenvalue weighted by Gasteiger charge is -2.25. The van der Waals surface area contributed by atoms with Crippen LogP contribution in [0.3, 0.4) is 0 Å². The van der Waals surface area contributed by atoms with Crippen LogP contribution in [0.1, 0.15) is 79.8 Å². The summed E-state index contributed by atoms with van der Waals surface area (Å²) in [5.74, 6) is 0.412. The summed E-state index contributed by atoms with van der Waals surface area (Å²) < 4.78 is 5.63. The molecule has 0 radical (unpaired) electrons. The molecule has 2 aromatic rings. The molecule has 1 unspecified atom stereocenters. The number of thiocarbonyl (C=S) groups is 1. The first-order chi connectivity index (χ1) is 16.4. The molecule has 0 spiro atoms. The summed E-state index contributed by atoms with van der Waals surface area (Å²) in [6, 6.07) is 14.1. The van der Waals surface area contributed by atoms with Crippen molar-refractivity contribution in [3.8, 4) is 11.1 Å². The number of aliphatic hydroxyl groups is 1. The first-order valence-corrected chi connectivity index (χ1v) is 13.1. The van der Waals surface area contributed by atoms with Crippen LogP contribution in [0.2, 0.25) is 0 Å². The second kappa shape index (κ2) is 13.0. The van der Waals surface area contributed by atoms with E-state index in [0.29, 0.717) is 12.0 Å². The number of nitrogens with zero attached hydrogens (tertiary/aromatic N) is 1. The highest BCUT2D eigenvalue weighted by molar-refractivity contribution is 7.80. The van der Waals surface area contributed by atoms with Crippen LogP contribution >= 0.6 is 12.2 Å². The van der Waals surface area contributed by atoms with Crippen LogP contribution in [0.4, 0.5) is 0 Å². The highest BCUT2D eigenvalue weighted by atomic mass is 32.1. The number of ether oxygens (including phenoxy) is 1. The number of rotatable bonds is 11. The zero-order chi connectivity index (χ0) is 24.5. The summed E-state index contributed by atoms with van der Waals surface area (Å²) in [4.78, 5) is 15.5. The maximum absolute atomic E-state index is 13.1. The molecule has 5 heteroatoms. The van der Waals surface area contributed by atoms with Crippen LogP contribution in [0.5, 0.6) is 0 Å². The van der Waals surface area contributed by atoms with Gasteiger partial charge in [0.2, 0.25) is 0 Å². The predicted molar refractivity (Wildman–Crippen MR) is 143 cm³/mol. The Labute approximate surface area is 210 Å². The summed E-state index contributed by atoms with van der Waals surface area (Å²) in [7, 11) is 2.18. The van der Waals surface area contributed by atoms with Crippen LogP contribution in [0.15, 0.2) is 42.5 Å². The third-order valence-corrected chi connectivity index (χ3v) is 7.17. The lowest BCUT2D eigenvalue weighted by molar-refractivity contribution is 0.0391. The smallest absolute Gasteiger partial charge is 0.339 e. The topological polar surface area (TPSA) is 49.8 Å². The molecule has 0 aliphatic heterocycles. The zero-order valence-electron chi connectivity index (χ0n) is 20.9. The number of hydrogen-bond acceptors (Lipinski definition) is 4. The number of esters is 1. The molecule has 184 valence electrons. The van der Waals surface area contributed by atoms with E-state index in [4.69, 9.17) is 17.0 Å². The summed E-state index contributed by atoms with van der Waals surface area (Å²) in [5, 5.41) is 9.53. The molecule has 0 saturated heterocycles. The fraction of sp³-hybridized carbons (Fsp3) is 0.517. The van der Waals surface area contributed by atoms with Crippen molar-refractivity contribution >= 4 is 23.2 Å². The summed E-state index contributed by atoms with van der Waals surface area (Å²) in [6.45, 7) is 5.94. The maximum Gasteiger partial charge on any atom is 0.339 e. The maximum atomic E-state index is 13.1. The molecule has 0 amide bonds. The average Bonchev–Trinajstić information content (AvgIpc) is 2.83. The summed E-state index contributed by atoms with van der Waals surface area (Å²) in [5.41, 5.74) is 4.64. The molecule has 1 N–H and O–H groups in total. The van der Waals surface area contributed by atoms with Crippen molar-refractivity contribution in [1.82, 2.24) is 4.90 Å². The van der Waals surface area contributed by atoms with Gasteiger partial charge in [0.05, 0.1) is 5.56 Å². The first-order valence-electron chi connectivity index (χ1n) is 12.7. The first kappa shape index (κ1) is 26.4. The Morgan fingerprint density at radius 2 is 1.88 bits per heavy atom. The van der Waals surface area contributed by atoms with Gasteiger partial charge in [-0.05, 0) is 85.9 Å². The van der Waals surface area contributed by atoms with Crippen molar-refractivity contribution in [2.24, 2.45) is 5.92 Å². The van der Waals surface area contributed by atoms with Gasteiger partial charge in [0, 0.05) is 6.54 Å². The number of benzene rings is 2. The van der Waals surface area contributed by atoms with E-state index in [1.165, 1.54) is 44.1 Å². The molecule has 34 heavy (non-hydrogen) atoms. The van der Waals surface area contributed by atoms with Crippen LogP contribution in [0.25, 0.3) is 11.1 Å². The van der Waals surface area contributed by atoms with Gasteiger partial charge < -0.3 is 14.7 Å². The molecular weight excluding hydrogens is 442 g/mol. The van der Waals surface area contributed by atoms with Crippen LogP contribution in [-0.2, 0) is 11.3 Å². The molecule has 1 aliphatic rings. The van der Waals surface area contributed by atoms with E-state index in [0.717, 1.165) is 42.1 Å². The van der Waals surface area contributed by atoms with E-state index in [1.807, 2.05) is 37.3 Å². The van der Waals surface area contributed by atoms with Gasteiger partial charge in [0.15, 0.2) is 11.2 Å². The molecule has 0 bridgehead atoms. The van der Waals surface area contributed by atoms with Crippen molar-refractivity contribution < 1.29 is 14.6 Å². The Kier molecular flexibility index (Phi) is 10.1. The van der Waals surface area contributed by atoms with E-state index < -0.39 is 12.1 Å². The molecule has 4 nitrogen and oxygen atoms in total. The van der Waals surface area contributed by atoms with E-state index in [-0.39, 0.29) is 5.05 Å². The quantitative estimate of drug-likeness (QED) is 0.270. The zero-order valence-corrected chi connectivity index (χ0v) is 21.7. The standard InChI is InChI=1S/C29H39NO3S/c1-4-10-27(29(32)34)33-28(31)25-16-15-23(19-26(25)24-14-9-8-11-21(24)2)20-30(3)18-17-22-12-6-5-7-13-22/h8-9,11,14-16,19,22,27H,4-7,10,12-13,17-18,20H2,1-3H3,(H,32,34). The monoisotopic (exact) mass is 481 g/mol. The Morgan fingerprint density at radius 3 is 2.56 bits per heavy atom. The van der Waals surface area contributed by atoms with Crippen LogP contribution in [-0.4, -0.2) is 40.7 Å². The van der Waals surface area contributed by atoms with Crippen molar-refractivity contribution in [2.45, 2.75) is 77.9 Å². The summed E-state index contributed by atoms with van der Waals surface area (Å²) >= 11 is 4.91. The molecule has 1 atom stereocenters. The van der Waals surface area contributed by atoms with Crippen LogP contribution in [0, 0.1) is 12.8 Å². The van der Waals surface area contributed by atoms with Gasteiger partial charge in [-0.1, -0.05) is 75.8 Å². The van der Waals surface area contributed by atoms with E-state index >= 15 is 0 Å². The number of carbonyl (C=O) groups excluding carboxylic acids is 1. The Balaban J connectivity index is 1.80. The number of aliphatic hydroxyl groups excluding tert-OH is 1. The average molecular weight is 482 g/mol. The molecule has 1 saturated carbocycles. The van der Waals surface area contributed by atoms with Crippen LogP contribution < -0.4 is 0 Å². The van der Waals surface area contributed by atoms with E-state index in [9.17, 15) is 9.90 Å². The Hall–Kier alpha value is -2.24. The van der Waals surface area contributed by atoms with Gasteiger partial charge in [0.25, 0.3) is 0 Å². The SMILES string of the molecule is CCCC(OC(=O)c1ccc(CN(C)CCC2CCCCC2)cc1-c1ccccc1C)C(O)=S. The number of hydrogen-bond donors (Lipinski definition) is 1. The molecule has 1 fully saturated rings. The largest absolute Gasteiger partial charge is 0.499 e. The minimum atomic E-state index is -0.761. The van der Waals surface area contributed by atoms with E-state index in [2.05, 4.69) is 31.0 Å². The highest BCUT2D eigenvalue weighted by Gasteiger charge is 2.23. The highest BCUT2D eigenvalue weighted by Crippen LogP contribution is 2.30. The van der Waals surface area contributed by atoms with Gasteiger partial charge in [-0.25, -0.2) is 4.79 Å². The molecule has 0 heterocycles. The molecular formula is C29H39NO3S. The third kappa shape index (κ3) is 7.38. The fourth-order valence-electron chi connectivity index (χ4n) is 4.92. The molecule has 0 aromatic heterocycles. The van der Waals surface area contributed by atoms with Gasteiger partial charge in [0.1, 0.15) is 0 Å². The van der Waals surface area contributed by atoms with E-state index in [1.54, 1.807) is 0 Å². The number of aryl methyl sites for hydroxylation is 1. The van der Waals surface area contributed by atoms with Gasteiger partial charge in [-0.2, -0.15) is 0 Å². The van der Waals surface area contributed by atoms with Gasteiger partial charge in [-0.3, -0.25) is 0 Å². The van der Waals surface area contributed by atoms with Gasteiger partial charge >= 0.3 is 5.97 Å². The lowest BCUT2D eigenvalue weighted by Crippen LogP contribution is -2.26. The lowest BCUT2D eigenvalue weighted by atomic mass is 9.87. The normalized spacial score (nSPS) is 15.3. The fourth-order valence-corrected chi connectivity index (χ4v) is 5.09. The summed E-state index contributed by atoms with van der Waals surface area (Å²) in [6.07, 6.45) is 8.66. The minimum Gasteiger partial charge on any atom is -0.499 e. The minimum absolute atomic E-state index is 0.274. The number of carbonyl (C=O) groups is 1. The van der Waals surface area contributed by atoms with Crippen molar-refractivity contribution in [1.29, 1.82) is 0 Å². The molecule has 1 aliphatic carbocycles. The van der Waals surface area contributed by atoms with Crippen molar-refractivity contribution in [3.63, 3.8) is 0 Å². The second-order valence-electron chi connectivity index (χ2n) is 9.75. The molecule has 2 aromatic carbocycles. The Bertz CT molecular complexity index is 968. The van der Waals surface area contributed by atoms with Crippen molar-refractivity contribution in [2.75, 3.05) is 13.6 Å². The Morgan fingerprint density at radius 1 is 1.15 bits per heavy atom. The van der Waals surface area contributed by atoms with Gasteiger partial charge in [-0.15, -0.1) is 0 Å².